The average molecular weight is 279 g/mol. The Morgan fingerprint density at radius 1 is 1.37 bits per heavy atom. The summed E-state index contributed by atoms with van der Waals surface area (Å²) in [7, 11) is 1.36. The molecule has 0 saturated carbocycles. The minimum Gasteiger partial charge on any atom is -0.465 e. The minimum absolute atomic E-state index is 0.0755. The number of aryl methyl sites for hydroxylation is 2. The number of ether oxygens (including phenoxy) is 1. The van der Waals surface area contributed by atoms with Crippen molar-refractivity contribution in [2.24, 2.45) is 0 Å². The smallest absolute Gasteiger partial charge is 0.337 e. The van der Waals surface area contributed by atoms with Gasteiger partial charge in [0.1, 0.15) is 0 Å². The highest BCUT2D eigenvalue weighted by Crippen LogP contribution is 2.31. The summed E-state index contributed by atoms with van der Waals surface area (Å²) in [5.74, 6) is -0.283. The lowest BCUT2D eigenvalue weighted by atomic mass is 10.0. The average Bonchev–Trinajstić information content (AvgIpc) is 2.66. The number of amides is 1. The number of nitrogens with zero attached hydrogens (tertiary/aromatic N) is 1. The predicted octanol–water partition coefficient (Wildman–Crippen LogP) is 2.13. The number of hydrogen-bond acceptors (Lipinski definition) is 4. The molecular formula is C14H17NO3S. The standard InChI is InChI=1S/C14H17NO3S/c1-8-4-10(14(17)18-3)5-9(2)13(8)15-7-11(19)6-12(15)16/h4-5,11,19H,6-7H2,1-3H3. The number of methoxy groups -OCH3 is 1. The summed E-state index contributed by atoms with van der Waals surface area (Å²) in [5.41, 5.74) is 3.19. The van der Waals surface area contributed by atoms with E-state index in [0.29, 0.717) is 18.5 Å². The Morgan fingerprint density at radius 2 is 1.95 bits per heavy atom. The van der Waals surface area contributed by atoms with Crippen LogP contribution >= 0.6 is 12.6 Å². The molecule has 0 aromatic heterocycles. The number of hydrogen-bond donors (Lipinski definition) is 1. The van der Waals surface area contributed by atoms with Gasteiger partial charge in [0.25, 0.3) is 0 Å². The van der Waals surface area contributed by atoms with E-state index in [9.17, 15) is 9.59 Å². The fourth-order valence-electron chi connectivity index (χ4n) is 2.52. The van der Waals surface area contributed by atoms with Crippen molar-refractivity contribution in [3.05, 3.63) is 28.8 Å². The molecule has 2 rings (SSSR count). The van der Waals surface area contributed by atoms with E-state index in [-0.39, 0.29) is 17.1 Å². The Kier molecular flexibility index (Phi) is 3.85. The fraction of sp³-hybridized carbons (Fsp3) is 0.429. The van der Waals surface area contributed by atoms with Crippen molar-refractivity contribution in [3.8, 4) is 0 Å². The number of carbonyl (C=O) groups is 2. The zero-order valence-electron chi connectivity index (χ0n) is 11.3. The first kappa shape index (κ1) is 13.9. The molecule has 1 atom stereocenters. The van der Waals surface area contributed by atoms with E-state index in [1.165, 1.54) is 7.11 Å². The summed E-state index contributed by atoms with van der Waals surface area (Å²) in [5, 5.41) is 0.0755. The van der Waals surface area contributed by atoms with E-state index in [2.05, 4.69) is 12.6 Å². The van der Waals surface area contributed by atoms with Gasteiger partial charge in [0, 0.05) is 23.9 Å². The Bertz CT molecular complexity index is 518. The number of benzene rings is 1. The van der Waals surface area contributed by atoms with E-state index in [1.807, 2.05) is 13.8 Å². The van der Waals surface area contributed by atoms with Crippen LogP contribution in [0.25, 0.3) is 0 Å². The van der Waals surface area contributed by atoms with Crippen molar-refractivity contribution in [2.75, 3.05) is 18.6 Å². The van der Waals surface area contributed by atoms with Gasteiger partial charge in [-0.2, -0.15) is 12.6 Å². The van der Waals surface area contributed by atoms with Gasteiger partial charge in [-0.15, -0.1) is 0 Å². The first-order valence-corrected chi connectivity index (χ1v) is 6.63. The SMILES string of the molecule is COC(=O)c1cc(C)c(N2CC(S)CC2=O)c(C)c1. The van der Waals surface area contributed by atoms with E-state index < -0.39 is 0 Å². The predicted molar refractivity (Wildman–Crippen MR) is 77.0 cm³/mol. The third kappa shape index (κ3) is 2.61. The van der Waals surface area contributed by atoms with Crippen LogP contribution in [-0.2, 0) is 9.53 Å². The van der Waals surface area contributed by atoms with Crippen molar-refractivity contribution in [2.45, 2.75) is 25.5 Å². The van der Waals surface area contributed by atoms with Crippen LogP contribution in [0.5, 0.6) is 0 Å². The molecule has 4 nitrogen and oxygen atoms in total. The first-order valence-electron chi connectivity index (χ1n) is 6.12. The number of esters is 1. The van der Waals surface area contributed by atoms with E-state index in [1.54, 1.807) is 17.0 Å². The Labute approximate surface area is 118 Å². The molecule has 1 fully saturated rings. The Hall–Kier alpha value is -1.49. The van der Waals surface area contributed by atoms with Gasteiger partial charge in [-0.25, -0.2) is 4.79 Å². The molecule has 1 aliphatic heterocycles. The molecule has 0 bridgehead atoms. The van der Waals surface area contributed by atoms with E-state index in [4.69, 9.17) is 4.74 Å². The summed E-state index contributed by atoms with van der Waals surface area (Å²) < 4.78 is 4.72. The van der Waals surface area contributed by atoms with Crippen molar-refractivity contribution < 1.29 is 14.3 Å². The summed E-state index contributed by atoms with van der Waals surface area (Å²) >= 11 is 4.36. The van der Waals surface area contributed by atoms with Crippen LogP contribution in [0.3, 0.4) is 0 Å². The largest absolute Gasteiger partial charge is 0.465 e. The van der Waals surface area contributed by atoms with Crippen molar-refractivity contribution in [3.63, 3.8) is 0 Å². The highest BCUT2D eigenvalue weighted by atomic mass is 32.1. The summed E-state index contributed by atoms with van der Waals surface area (Å²) in [6.07, 6.45) is 0.459. The van der Waals surface area contributed by atoms with Gasteiger partial charge in [0.2, 0.25) is 5.91 Å². The van der Waals surface area contributed by atoms with Crippen molar-refractivity contribution in [1.82, 2.24) is 0 Å². The van der Waals surface area contributed by atoms with Crippen LogP contribution in [0.15, 0.2) is 12.1 Å². The molecule has 1 unspecified atom stereocenters. The molecule has 1 amide bonds. The van der Waals surface area contributed by atoms with Gasteiger partial charge in [-0.3, -0.25) is 4.79 Å². The molecule has 1 aliphatic rings. The molecule has 0 radical (unpaired) electrons. The lowest BCUT2D eigenvalue weighted by Gasteiger charge is -2.21. The van der Waals surface area contributed by atoms with Crippen LogP contribution in [0.2, 0.25) is 0 Å². The van der Waals surface area contributed by atoms with Crippen LogP contribution < -0.4 is 4.90 Å². The normalized spacial score (nSPS) is 18.8. The van der Waals surface area contributed by atoms with Crippen LogP contribution in [0.4, 0.5) is 5.69 Å². The zero-order chi connectivity index (χ0) is 14.2. The number of anilines is 1. The lowest BCUT2D eigenvalue weighted by molar-refractivity contribution is -0.117. The number of thiol groups is 1. The van der Waals surface area contributed by atoms with Gasteiger partial charge in [-0.05, 0) is 37.1 Å². The molecule has 1 aromatic carbocycles. The van der Waals surface area contributed by atoms with Gasteiger partial charge < -0.3 is 9.64 Å². The first-order chi connectivity index (χ1) is 8.93. The van der Waals surface area contributed by atoms with Crippen LogP contribution in [-0.4, -0.2) is 30.8 Å². The topological polar surface area (TPSA) is 46.6 Å². The van der Waals surface area contributed by atoms with Crippen molar-refractivity contribution >= 4 is 30.2 Å². The molecule has 1 heterocycles. The lowest BCUT2D eigenvalue weighted by Crippen LogP contribution is -2.26. The highest BCUT2D eigenvalue weighted by molar-refractivity contribution is 7.81. The summed E-state index contributed by atoms with van der Waals surface area (Å²) in [6, 6.07) is 3.51. The molecule has 0 spiro atoms. The van der Waals surface area contributed by atoms with Gasteiger partial charge in [-0.1, -0.05) is 0 Å². The molecule has 1 aromatic rings. The zero-order valence-corrected chi connectivity index (χ0v) is 12.2. The monoisotopic (exact) mass is 279 g/mol. The maximum atomic E-state index is 11.9. The molecule has 0 aliphatic carbocycles. The second-order valence-electron chi connectivity index (χ2n) is 4.81. The van der Waals surface area contributed by atoms with E-state index >= 15 is 0 Å². The molecule has 102 valence electrons. The summed E-state index contributed by atoms with van der Waals surface area (Å²) in [6.45, 7) is 4.41. The molecule has 0 N–H and O–H groups in total. The third-order valence-electron chi connectivity index (χ3n) is 3.29. The second kappa shape index (κ2) is 5.25. The van der Waals surface area contributed by atoms with Gasteiger partial charge in [0.05, 0.1) is 12.7 Å². The Balaban J connectivity index is 2.43. The molecule has 1 saturated heterocycles. The molecule has 19 heavy (non-hydrogen) atoms. The molecule has 5 heteroatoms. The highest BCUT2D eigenvalue weighted by Gasteiger charge is 2.30. The number of rotatable bonds is 2. The summed E-state index contributed by atoms with van der Waals surface area (Å²) in [4.78, 5) is 25.3. The van der Waals surface area contributed by atoms with E-state index in [0.717, 1.165) is 16.8 Å². The van der Waals surface area contributed by atoms with Crippen LogP contribution in [0.1, 0.15) is 27.9 Å². The minimum atomic E-state index is -0.363. The third-order valence-corrected chi connectivity index (χ3v) is 3.63. The Morgan fingerprint density at radius 3 is 2.37 bits per heavy atom. The number of carbonyl (C=O) groups excluding carboxylic acids is 2. The molecular weight excluding hydrogens is 262 g/mol. The van der Waals surface area contributed by atoms with Gasteiger partial charge in [0.15, 0.2) is 0 Å². The van der Waals surface area contributed by atoms with Crippen molar-refractivity contribution in [1.29, 1.82) is 0 Å². The quantitative estimate of drug-likeness (QED) is 0.666. The van der Waals surface area contributed by atoms with Gasteiger partial charge >= 0.3 is 5.97 Å². The maximum absolute atomic E-state index is 11.9. The fourth-order valence-corrected chi connectivity index (χ4v) is 2.84. The maximum Gasteiger partial charge on any atom is 0.337 e. The second-order valence-corrected chi connectivity index (χ2v) is 5.54. The van der Waals surface area contributed by atoms with Crippen LogP contribution in [0, 0.1) is 13.8 Å².